The lowest BCUT2D eigenvalue weighted by Crippen LogP contribution is -2.49. The zero-order valence-electron chi connectivity index (χ0n) is 15.0. The fourth-order valence-corrected chi connectivity index (χ4v) is 3.55. The summed E-state index contributed by atoms with van der Waals surface area (Å²) in [6.07, 6.45) is 2.07. The van der Waals surface area contributed by atoms with E-state index in [-0.39, 0.29) is 23.5 Å². The molecule has 1 aromatic carbocycles. The van der Waals surface area contributed by atoms with Gasteiger partial charge in [-0.25, -0.2) is 4.39 Å². The molecule has 2 N–H and O–H groups in total. The Morgan fingerprint density at radius 2 is 1.73 bits per heavy atom. The minimum absolute atomic E-state index is 0.0698. The standard InChI is InChI=1S/C19H27FN4O2/c20-16-1-3-17(4-2-16)23-11-13-24(14-12-23)18(25)7-10-22-19(26)15-5-8-21-9-6-15/h1-4,15,21H,5-14H2,(H,22,26). The molecule has 2 fully saturated rings. The number of carbonyl (C=O) groups excluding carboxylic acids is 2. The number of nitrogens with one attached hydrogen (secondary N) is 2. The number of hydrogen-bond acceptors (Lipinski definition) is 4. The zero-order valence-corrected chi connectivity index (χ0v) is 15.0. The van der Waals surface area contributed by atoms with Gasteiger partial charge >= 0.3 is 0 Å². The van der Waals surface area contributed by atoms with Crippen molar-refractivity contribution < 1.29 is 14.0 Å². The highest BCUT2D eigenvalue weighted by molar-refractivity contribution is 5.80. The maximum absolute atomic E-state index is 13.0. The lowest BCUT2D eigenvalue weighted by molar-refractivity contribution is -0.131. The van der Waals surface area contributed by atoms with Crippen LogP contribution >= 0.6 is 0 Å². The van der Waals surface area contributed by atoms with Gasteiger partial charge in [0.05, 0.1) is 0 Å². The third-order valence-corrected chi connectivity index (χ3v) is 5.17. The molecule has 0 atom stereocenters. The van der Waals surface area contributed by atoms with Crippen molar-refractivity contribution in [2.24, 2.45) is 5.92 Å². The van der Waals surface area contributed by atoms with Gasteiger partial charge in [-0.05, 0) is 50.2 Å². The van der Waals surface area contributed by atoms with Crippen LogP contribution in [0.4, 0.5) is 10.1 Å². The number of benzene rings is 1. The summed E-state index contributed by atoms with van der Waals surface area (Å²) >= 11 is 0. The highest BCUT2D eigenvalue weighted by Gasteiger charge is 2.23. The smallest absolute Gasteiger partial charge is 0.224 e. The molecule has 0 saturated carbocycles. The van der Waals surface area contributed by atoms with Crippen molar-refractivity contribution in [3.63, 3.8) is 0 Å². The molecule has 1 aromatic rings. The van der Waals surface area contributed by atoms with E-state index in [0.717, 1.165) is 44.7 Å². The van der Waals surface area contributed by atoms with Gasteiger partial charge in [0.2, 0.25) is 11.8 Å². The summed E-state index contributed by atoms with van der Waals surface area (Å²) < 4.78 is 13.0. The third-order valence-electron chi connectivity index (χ3n) is 5.17. The molecule has 2 aliphatic rings. The van der Waals surface area contributed by atoms with E-state index in [1.807, 2.05) is 4.90 Å². The van der Waals surface area contributed by atoms with Gasteiger partial charge in [-0.15, -0.1) is 0 Å². The molecule has 0 aliphatic carbocycles. The summed E-state index contributed by atoms with van der Waals surface area (Å²) in [5.74, 6) is -0.0190. The Kier molecular flexibility index (Phi) is 6.44. The first kappa shape index (κ1) is 18.6. The molecule has 0 spiro atoms. The molecule has 2 saturated heterocycles. The van der Waals surface area contributed by atoms with Crippen molar-refractivity contribution in [1.29, 1.82) is 0 Å². The number of piperidine rings is 1. The second-order valence-electron chi connectivity index (χ2n) is 6.91. The fourth-order valence-electron chi connectivity index (χ4n) is 3.55. The van der Waals surface area contributed by atoms with Crippen LogP contribution in [0.1, 0.15) is 19.3 Å². The number of carbonyl (C=O) groups is 2. The number of halogens is 1. The molecule has 0 unspecified atom stereocenters. The highest BCUT2D eigenvalue weighted by atomic mass is 19.1. The molecule has 7 heteroatoms. The van der Waals surface area contributed by atoms with Crippen molar-refractivity contribution in [2.45, 2.75) is 19.3 Å². The summed E-state index contributed by atoms with van der Waals surface area (Å²) in [5, 5.41) is 6.14. The first-order valence-electron chi connectivity index (χ1n) is 9.40. The molecule has 6 nitrogen and oxygen atoms in total. The third kappa shape index (κ3) is 4.94. The second kappa shape index (κ2) is 8.98. The first-order valence-corrected chi connectivity index (χ1v) is 9.40. The topological polar surface area (TPSA) is 64.7 Å². The summed E-state index contributed by atoms with van der Waals surface area (Å²) in [7, 11) is 0. The van der Waals surface area contributed by atoms with Gasteiger partial charge in [0.1, 0.15) is 5.82 Å². The van der Waals surface area contributed by atoms with Crippen LogP contribution in [0.15, 0.2) is 24.3 Å². The normalized spacial score (nSPS) is 18.7. The van der Waals surface area contributed by atoms with Crippen LogP contribution in [0.3, 0.4) is 0 Å². The average molecular weight is 362 g/mol. The minimum atomic E-state index is -0.242. The van der Waals surface area contributed by atoms with E-state index in [4.69, 9.17) is 0 Å². The lowest BCUT2D eigenvalue weighted by Gasteiger charge is -2.36. The van der Waals surface area contributed by atoms with Gasteiger partial charge in [-0.3, -0.25) is 9.59 Å². The second-order valence-corrected chi connectivity index (χ2v) is 6.91. The monoisotopic (exact) mass is 362 g/mol. The molecular weight excluding hydrogens is 335 g/mol. The van der Waals surface area contributed by atoms with E-state index < -0.39 is 0 Å². The molecule has 2 aliphatic heterocycles. The van der Waals surface area contributed by atoms with E-state index in [1.165, 1.54) is 12.1 Å². The molecule has 142 valence electrons. The lowest BCUT2D eigenvalue weighted by atomic mass is 9.97. The number of piperazine rings is 1. The van der Waals surface area contributed by atoms with Gasteiger partial charge in [0.15, 0.2) is 0 Å². The molecule has 3 rings (SSSR count). The minimum Gasteiger partial charge on any atom is -0.368 e. The predicted octanol–water partition coefficient (Wildman–Crippen LogP) is 0.980. The number of rotatable bonds is 5. The average Bonchev–Trinajstić information content (AvgIpc) is 2.69. The maximum atomic E-state index is 13.0. The predicted molar refractivity (Wildman–Crippen MR) is 98.4 cm³/mol. The van der Waals surface area contributed by atoms with Crippen molar-refractivity contribution in [3.8, 4) is 0 Å². The summed E-state index contributed by atoms with van der Waals surface area (Å²) in [6.45, 7) is 4.94. The number of hydrogen-bond donors (Lipinski definition) is 2. The van der Waals surface area contributed by atoms with Crippen LogP contribution < -0.4 is 15.5 Å². The molecule has 0 aromatic heterocycles. The van der Waals surface area contributed by atoms with Gasteiger partial charge in [-0.2, -0.15) is 0 Å². The van der Waals surface area contributed by atoms with Crippen molar-refractivity contribution in [3.05, 3.63) is 30.1 Å². The van der Waals surface area contributed by atoms with Gasteiger partial charge < -0.3 is 20.4 Å². The van der Waals surface area contributed by atoms with E-state index in [2.05, 4.69) is 15.5 Å². The summed E-state index contributed by atoms with van der Waals surface area (Å²) in [6, 6.07) is 6.45. The van der Waals surface area contributed by atoms with Gasteiger partial charge in [-0.1, -0.05) is 0 Å². The Bertz CT molecular complexity index is 608. The van der Waals surface area contributed by atoms with Crippen molar-refractivity contribution >= 4 is 17.5 Å². The largest absolute Gasteiger partial charge is 0.368 e. The molecular formula is C19H27FN4O2. The first-order chi connectivity index (χ1) is 12.6. The van der Waals surface area contributed by atoms with E-state index in [1.54, 1.807) is 12.1 Å². The molecule has 0 bridgehead atoms. The van der Waals surface area contributed by atoms with Crippen molar-refractivity contribution in [2.75, 3.05) is 50.7 Å². The fraction of sp³-hybridized carbons (Fsp3) is 0.579. The number of amides is 2. The Labute approximate surface area is 153 Å². The van der Waals surface area contributed by atoms with Crippen LogP contribution in [0.25, 0.3) is 0 Å². The maximum Gasteiger partial charge on any atom is 0.224 e. The molecule has 26 heavy (non-hydrogen) atoms. The van der Waals surface area contributed by atoms with E-state index >= 15 is 0 Å². The number of anilines is 1. The van der Waals surface area contributed by atoms with Crippen LogP contribution in [0, 0.1) is 11.7 Å². The Hall–Kier alpha value is -2.15. The molecule has 2 heterocycles. The number of nitrogens with zero attached hydrogens (tertiary/aromatic N) is 2. The Balaban J connectivity index is 1.37. The van der Waals surface area contributed by atoms with E-state index in [9.17, 15) is 14.0 Å². The van der Waals surface area contributed by atoms with Crippen LogP contribution in [-0.4, -0.2) is 62.5 Å². The Morgan fingerprint density at radius 3 is 2.38 bits per heavy atom. The Morgan fingerprint density at radius 1 is 1.08 bits per heavy atom. The van der Waals surface area contributed by atoms with Gasteiger partial charge in [0, 0.05) is 50.7 Å². The van der Waals surface area contributed by atoms with Crippen molar-refractivity contribution in [1.82, 2.24) is 15.5 Å². The summed E-state index contributed by atoms with van der Waals surface area (Å²) in [4.78, 5) is 28.4. The molecule has 0 radical (unpaired) electrons. The zero-order chi connectivity index (χ0) is 18.4. The highest BCUT2D eigenvalue weighted by Crippen LogP contribution is 2.17. The summed E-state index contributed by atoms with van der Waals surface area (Å²) in [5.41, 5.74) is 0.979. The van der Waals surface area contributed by atoms with Gasteiger partial charge in [0.25, 0.3) is 0 Å². The van der Waals surface area contributed by atoms with Crippen LogP contribution in [0.5, 0.6) is 0 Å². The van der Waals surface area contributed by atoms with Crippen LogP contribution in [0.2, 0.25) is 0 Å². The van der Waals surface area contributed by atoms with Crippen LogP contribution in [-0.2, 0) is 9.59 Å². The SMILES string of the molecule is O=C(NCCC(=O)N1CCN(c2ccc(F)cc2)CC1)C1CCNCC1. The van der Waals surface area contributed by atoms with E-state index in [0.29, 0.717) is 26.1 Å². The quantitative estimate of drug-likeness (QED) is 0.820. The molecule has 2 amide bonds.